The van der Waals surface area contributed by atoms with Crippen molar-refractivity contribution in [2.75, 3.05) is 6.54 Å². The summed E-state index contributed by atoms with van der Waals surface area (Å²) in [5.41, 5.74) is 6.25. The Labute approximate surface area is 141 Å². The quantitative estimate of drug-likeness (QED) is 0.728. The third-order valence-electron chi connectivity index (χ3n) is 3.46. The standard InChI is InChI=1S/C18H22FN3O2/c1-12(2)7-8-21-10-13-3-5-16(15(19)9-13)24-17-6-4-14(11-22-17)18(20)23/h3-6,9,11-12,21H,7-8,10H2,1-2H3,(H2,20,23). The Morgan fingerprint density at radius 2 is 2.12 bits per heavy atom. The highest BCUT2D eigenvalue weighted by Gasteiger charge is 2.08. The highest BCUT2D eigenvalue weighted by Crippen LogP contribution is 2.24. The number of pyridine rings is 1. The van der Waals surface area contributed by atoms with Gasteiger partial charge < -0.3 is 15.8 Å². The van der Waals surface area contributed by atoms with E-state index in [4.69, 9.17) is 10.5 Å². The highest BCUT2D eigenvalue weighted by molar-refractivity contribution is 5.92. The van der Waals surface area contributed by atoms with Gasteiger partial charge in [0.1, 0.15) is 0 Å². The summed E-state index contributed by atoms with van der Waals surface area (Å²) < 4.78 is 19.5. The molecule has 3 N–H and O–H groups in total. The molecule has 0 aliphatic carbocycles. The van der Waals surface area contributed by atoms with Gasteiger partial charge in [0.15, 0.2) is 11.6 Å². The molecular formula is C18H22FN3O2. The fraction of sp³-hybridized carbons (Fsp3) is 0.333. The number of nitrogens with one attached hydrogen (secondary N) is 1. The summed E-state index contributed by atoms with van der Waals surface area (Å²) in [6.07, 6.45) is 2.37. The Kier molecular flexibility index (Phi) is 6.26. The molecule has 1 aromatic heterocycles. The van der Waals surface area contributed by atoms with E-state index in [0.29, 0.717) is 12.5 Å². The lowest BCUT2D eigenvalue weighted by Crippen LogP contribution is -2.16. The van der Waals surface area contributed by atoms with Crippen molar-refractivity contribution in [3.05, 3.63) is 53.5 Å². The number of hydrogen-bond donors (Lipinski definition) is 2. The molecule has 0 bridgehead atoms. The van der Waals surface area contributed by atoms with Crippen LogP contribution in [0.25, 0.3) is 0 Å². The fourth-order valence-electron chi connectivity index (χ4n) is 2.06. The second-order valence-electron chi connectivity index (χ2n) is 5.98. The Morgan fingerprint density at radius 1 is 1.33 bits per heavy atom. The molecule has 0 saturated heterocycles. The van der Waals surface area contributed by atoms with Crippen molar-refractivity contribution < 1.29 is 13.9 Å². The van der Waals surface area contributed by atoms with Gasteiger partial charge in [-0.15, -0.1) is 0 Å². The molecule has 1 aromatic carbocycles. The van der Waals surface area contributed by atoms with E-state index in [2.05, 4.69) is 24.1 Å². The molecule has 0 unspecified atom stereocenters. The number of amides is 1. The van der Waals surface area contributed by atoms with Gasteiger partial charge in [-0.1, -0.05) is 19.9 Å². The zero-order chi connectivity index (χ0) is 17.5. The zero-order valence-electron chi connectivity index (χ0n) is 13.9. The topological polar surface area (TPSA) is 77.2 Å². The van der Waals surface area contributed by atoms with Gasteiger partial charge in [0.05, 0.1) is 5.56 Å². The number of carbonyl (C=O) groups excluding carboxylic acids is 1. The molecule has 0 aliphatic rings. The van der Waals surface area contributed by atoms with E-state index in [1.54, 1.807) is 12.1 Å². The maximum atomic E-state index is 14.1. The van der Waals surface area contributed by atoms with E-state index >= 15 is 0 Å². The molecule has 1 heterocycles. The summed E-state index contributed by atoms with van der Waals surface area (Å²) in [7, 11) is 0. The van der Waals surface area contributed by atoms with E-state index in [-0.39, 0.29) is 17.2 Å². The van der Waals surface area contributed by atoms with Gasteiger partial charge >= 0.3 is 0 Å². The molecule has 1 amide bonds. The first-order valence-electron chi connectivity index (χ1n) is 7.88. The van der Waals surface area contributed by atoms with Crippen LogP contribution in [0.3, 0.4) is 0 Å². The average Bonchev–Trinajstić information content (AvgIpc) is 2.54. The number of nitrogens with zero attached hydrogens (tertiary/aromatic N) is 1. The first kappa shape index (κ1) is 17.9. The van der Waals surface area contributed by atoms with Crippen molar-refractivity contribution in [2.45, 2.75) is 26.8 Å². The lowest BCUT2D eigenvalue weighted by Gasteiger charge is -2.09. The second kappa shape index (κ2) is 8.40. The minimum Gasteiger partial charge on any atom is -0.436 e. The van der Waals surface area contributed by atoms with Gasteiger partial charge in [0.25, 0.3) is 0 Å². The molecule has 2 aromatic rings. The van der Waals surface area contributed by atoms with E-state index in [9.17, 15) is 9.18 Å². The van der Waals surface area contributed by atoms with Crippen molar-refractivity contribution in [1.29, 1.82) is 0 Å². The Morgan fingerprint density at radius 3 is 2.71 bits per heavy atom. The minimum absolute atomic E-state index is 0.0836. The normalized spacial score (nSPS) is 10.8. The van der Waals surface area contributed by atoms with E-state index in [1.165, 1.54) is 24.4 Å². The van der Waals surface area contributed by atoms with Crippen LogP contribution < -0.4 is 15.8 Å². The van der Waals surface area contributed by atoms with Crippen LogP contribution in [-0.4, -0.2) is 17.4 Å². The molecule has 0 radical (unpaired) electrons. The van der Waals surface area contributed by atoms with Crippen molar-refractivity contribution >= 4 is 5.91 Å². The summed E-state index contributed by atoms with van der Waals surface area (Å²) in [6, 6.07) is 7.77. The van der Waals surface area contributed by atoms with Crippen LogP contribution in [-0.2, 0) is 6.54 Å². The number of benzene rings is 1. The molecule has 0 fully saturated rings. The third kappa shape index (κ3) is 5.31. The van der Waals surface area contributed by atoms with E-state index < -0.39 is 11.7 Å². The first-order chi connectivity index (χ1) is 11.5. The number of hydrogen-bond acceptors (Lipinski definition) is 4. The number of aromatic nitrogens is 1. The first-order valence-corrected chi connectivity index (χ1v) is 7.88. The predicted octanol–water partition coefficient (Wildman–Crippen LogP) is 3.25. The largest absolute Gasteiger partial charge is 0.436 e. The lowest BCUT2D eigenvalue weighted by atomic mass is 10.1. The van der Waals surface area contributed by atoms with Crippen LogP contribution in [0.5, 0.6) is 11.6 Å². The molecule has 0 spiro atoms. The maximum Gasteiger partial charge on any atom is 0.250 e. The summed E-state index contributed by atoms with van der Waals surface area (Å²) in [5.74, 6) is -0.117. The lowest BCUT2D eigenvalue weighted by molar-refractivity contribution is 0.1000. The summed E-state index contributed by atoms with van der Waals surface area (Å²) >= 11 is 0. The summed E-state index contributed by atoms with van der Waals surface area (Å²) in [6.45, 7) is 5.83. The number of ether oxygens (including phenoxy) is 1. The van der Waals surface area contributed by atoms with Crippen LogP contribution in [0.1, 0.15) is 36.2 Å². The van der Waals surface area contributed by atoms with Crippen LogP contribution in [0.2, 0.25) is 0 Å². The van der Waals surface area contributed by atoms with Gasteiger partial charge in [-0.25, -0.2) is 9.37 Å². The molecule has 2 rings (SSSR count). The highest BCUT2D eigenvalue weighted by atomic mass is 19.1. The monoisotopic (exact) mass is 331 g/mol. The number of rotatable bonds is 8. The summed E-state index contributed by atoms with van der Waals surface area (Å²) in [4.78, 5) is 14.9. The fourth-order valence-corrected chi connectivity index (χ4v) is 2.06. The van der Waals surface area contributed by atoms with Gasteiger partial charge in [0, 0.05) is 18.8 Å². The second-order valence-corrected chi connectivity index (χ2v) is 5.98. The molecule has 5 nitrogen and oxygen atoms in total. The van der Waals surface area contributed by atoms with Crippen LogP contribution in [0, 0.1) is 11.7 Å². The van der Waals surface area contributed by atoms with Crippen LogP contribution in [0.15, 0.2) is 36.5 Å². The van der Waals surface area contributed by atoms with Crippen molar-refractivity contribution in [3.8, 4) is 11.6 Å². The number of halogens is 1. The predicted molar refractivity (Wildman–Crippen MR) is 90.4 cm³/mol. The Bertz CT molecular complexity index is 687. The number of primary amides is 1. The smallest absolute Gasteiger partial charge is 0.250 e. The third-order valence-corrected chi connectivity index (χ3v) is 3.46. The van der Waals surface area contributed by atoms with Gasteiger partial charge in [0.2, 0.25) is 11.8 Å². The molecule has 6 heteroatoms. The van der Waals surface area contributed by atoms with Crippen molar-refractivity contribution in [1.82, 2.24) is 10.3 Å². The van der Waals surface area contributed by atoms with Gasteiger partial charge in [-0.2, -0.15) is 0 Å². The summed E-state index contributed by atoms with van der Waals surface area (Å²) in [5, 5.41) is 3.28. The Hall–Kier alpha value is -2.47. The van der Waals surface area contributed by atoms with Crippen molar-refractivity contribution in [3.63, 3.8) is 0 Å². The molecule has 0 aliphatic heterocycles. The average molecular weight is 331 g/mol. The Balaban J connectivity index is 1.95. The molecule has 128 valence electrons. The molecule has 0 atom stereocenters. The molecular weight excluding hydrogens is 309 g/mol. The van der Waals surface area contributed by atoms with E-state index in [1.807, 2.05) is 0 Å². The van der Waals surface area contributed by atoms with Gasteiger partial charge in [-0.3, -0.25) is 4.79 Å². The molecule has 24 heavy (non-hydrogen) atoms. The SMILES string of the molecule is CC(C)CCNCc1ccc(Oc2ccc(C(N)=O)cn2)c(F)c1. The van der Waals surface area contributed by atoms with E-state index in [0.717, 1.165) is 18.5 Å². The zero-order valence-corrected chi connectivity index (χ0v) is 13.9. The number of nitrogens with two attached hydrogens (primary N) is 1. The van der Waals surface area contributed by atoms with Crippen molar-refractivity contribution in [2.24, 2.45) is 11.7 Å². The minimum atomic E-state index is -0.574. The van der Waals surface area contributed by atoms with Gasteiger partial charge in [-0.05, 0) is 42.6 Å². The van der Waals surface area contributed by atoms with Crippen LogP contribution >= 0.6 is 0 Å². The molecule has 0 saturated carbocycles. The number of carbonyl (C=O) groups is 1. The maximum absolute atomic E-state index is 14.1. The van der Waals surface area contributed by atoms with Crippen LogP contribution in [0.4, 0.5) is 4.39 Å².